The molecule has 16 valence electrons. The van der Waals surface area contributed by atoms with Gasteiger partial charge in [-0.05, 0) is 0 Å². The fourth-order valence-corrected chi connectivity index (χ4v) is 0. The standard InChI is InChI=1S/4Al.4Li. The van der Waals surface area contributed by atoms with Crippen LogP contribution in [0.4, 0.5) is 0 Å². The summed E-state index contributed by atoms with van der Waals surface area (Å²) >= 11 is 0. The second-order valence-electron chi connectivity index (χ2n) is 0. The summed E-state index contributed by atoms with van der Waals surface area (Å²) in [5.74, 6) is 0. The molecular weight excluding hydrogens is 136 g/mol. The van der Waals surface area contributed by atoms with Crippen molar-refractivity contribution in [3.63, 3.8) is 0 Å². The van der Waals surface area contributed by atoms with Crippen LogP contribution in [0.5, 0.6) is 0 Å². The molecule has 16 radical (unpaired) electrons. The summed E-state index contributed by atoms with van der Waals surface area (Å²) in [4.78, 5) is 0. The molecule has 0 atom stereocenters. The van der Waals surface area contributed by atoms with Gasteiger partial charge in [-0.25, -0.2) is 0 Å². The van der Waals surface area contributed by atoms with E-state index in [-0.39, 0.29) is 145 Å². The molecule has 0 spiro atoms. The van der Waals surface area contributed by atoms with Crippen molar-refractivity contribution in [3.8, 4) is 0 Å². The Morgan fingerprint density at radius 2 is 0.250 bits per heavy atom. The molecule has 0 aliphatic heterocycles. The zero-order chi connectivity index (χ0) is 0. The van der Waals surface area contributed by atoms with E-state index in [0.29, 0.717) is 0 Å². The largest absolute Gasteiger partial charge is 0 e. The minimum atomic E-state index is 0. The first-order valence-electron chi connectivity index (χ1n) is 0. The van der Waals surface area contributed by atoms with E-state index in [0.717, 1.165) is 0 Å². The van der Waals surface area contributed by atoms with Gasteiger partial charge in [0, 0.05) is 145 Å². The van der Waals surface area contributed by atoms with Gasteiger partial charge in [-0.2, -0.15) is 0 Å². The van der Waals surface area contributed by atoms with E-state index in [1.807, 2.05) is 0 Å². The van der Waals surface area contributed by atoms with Gasteiger partial charge in [0.15, 0.2) is 0 Å². The fraction of sp³-hybridized carbons (Fsp3) is 0. The van der Waals surface area contributed by atoms with Crippen LogP contribution in [-0.4, -0.2) is 145 Å². The zero-order valence-electron chi connectivity index (χ0n) is 6.31. The van der Waals surface area contributed by atoms with E-state index in [2.05, 4.69) is 0 Å². The van der Waals surface area contributed by atoms with Crippen LogP contribution in [0.15, 0.2) is 0 Å². The van der Waals surface area contributed by atoms with Crippen LogP contribution in [-0.2, 0) is 0 Å². The minimum absolute atomic E-state index is 0. The first kappa shape index (κ1) is 81.3. The van der Waals surface area contributed by atoms with E-state index in [1.165, 1.54) is 0 Å². The zero-order valence-corrected chi connectivity index (χ0v) is 10.9. The van der Waals surface area contributed by atoms with Crippen molar-refractivity contribution < 1.29 is 0 Å². The van der Waals surface area contributed by atoms with Gasteiger partial charge in [-0.3, -0.25) is 0 Å². The van der Waals surface area contributed by atoms with Crippen molar-refractivity contribution >= 4 is 145 Å². The number of hydrogen-bond donors (Lipinski definition) is 0. The minimum Gasteiger partial charge on any atom is 0 e. The van der Waals surface area contributed by atoms with Gasteiger partial charge in [-0.1, -0.05) is 0 Å². The van der Waals surface area contributed by atoms with Gasteiger partial charge >= 0.3 is 0 Å². The normalized spacial score (nSPS) is 0. The Bertz CT molecular complexity index is 8.00. The molecule has 0 aromatic heterocycles. The maximum atomic E-state index is 0. The molecule has 8 heteroatoms. The third-order valence-electron chi connectivity index (χ3n) is 0. The molecule has 0 heterocycles. The van der Waals surface area contributed by atoms with Crippen LogP contribution >= 0.6 is 0 Å². The van der Waals surface area contributed by atoms with Crippen molar-refractivity contribution in [1.29, 1.82) is 0 Å². The Morgan fingerprint density at radius 3 is 0.250 bits per heavy atom. The molecule has 8 heavy (non-hydrogen) atoms. The molecule has 0 amide bonds. The molecule has 0 aliphatic carbocycles. The average Bonchev–Trinajstić information content (AvgIpc) is 0. The first-order chi connectivity index (χ1) is 0. The average molecular weight is 136 g/mol. The SMILES string of the molecule is [Al].[Al].[Al].[Al].[Li].[Li].[Li].[Li]. The summed E-state index contributed by atoms with van der Waals surface area (Å²) < 4.78 is 0. The van der Waals surface area contributed by atoms with Gasteiger partial charge in [0.2, 0.25) is 0 Å². The third-order valence-corrected chi connectivity index (χ3v) is 0. The van der Waals surface area contributed by atoms with Gasteiger partial charge in [-0.15, -0.1) is 0 Å². The molecule has 0 saturated carbocycles. The third kappa shape index (κ3) is 46.7. The van der Waals surface area contributed by atoms with E-state index in [1.54, 1.807) is 0 Å². The first-order valence-corrected chi connectivity index (χ1v) is 0. The summed E-state index contributed by atoms with van der Waals surface area (Å²) in [6.07, 6.45) is 0. The summed E-state index contributed by atoms with van der Waals surface area (Å²) in [6, 6.07) is 0. The van der Waals surface area contributed by atoms with Crippen molar-refractivity contribution in [2.75, 3.05) is 0 Å². The Balaban J connectivity index is 0. The molecule has 0 rings (SSSR count). The monoisotopic (exact) mass is 136 g/mol. The predicted octanol–water partition coefficient (Wildman–Crippen LogP) is -3.05. The Kier molecular flexibility index (Phi) is 634. The van der Waals surface area contributed by atoms with E-state index < -0.39 is 0 Å². The second kappa shape index (κ2) is 62.4. The van der Waals surface area contributed by atoms with Crippen molar-refractivity contribution in [3.05, 3.63) is 0 Å². The van der Waals surface area contributed by atoms with Crippen molar-refractivity contribution in [1.82, 2.24) is 0 Å². The Labute approximate surface area is 142 Å². The van der Waals surface area contributed by atoms with Gasteiger partial charge in [0.25, 0.3) is 0 Å². The Morgan fingerprint density at radius 1 is 0.250 bits per heavy atom. The van der Waals surface area contributed by atoms with Crippen molar-refractivity contribution in [2.24, 2.45) is 0 Å². The molecule has 0 fully saturated rings. The van der Waals surface area contributed by atoms with E-state index in [4.69, 9.17) is 0 Å². The summed E-state index contributed by atoms with van der Waals surface area (Å²) in [5, 5.41) is 0. The van der Waals surface area contributed by atoms with Crippen LogP contribution in [0, 0.1) is 0 Å². The quantitative estimate of drug-likeness (QED) is 0.310. The molecule has 0 aromatic rings. The maximum Gasteiger partial charge on any atom is 0 e. The summed E-state index contributed by atoms with van der Waals surface area (Å²) in [5.41, 5.74) is 0. The van der Waals surface area contributed by atoms with Crippen molar-refractivity contribution in [2.45, 2.75) is 0 Å². The predicted molar refractivity (Wildman–Crippen MR) is 46.0 cm³/mol. The molecule has 0 N–H and O–H groups in total. The molecule has 0 unspecified atom stereocenters. The van der Waals surface area contributed by atoms with Crippen LogP contribution < -0.4 is 0 Å². The summed E-state index contributed by atoms with van der Waals surface area (Å²) in [6.45, 7) is 0. The van der Waals surface area contributed by atoms with Crippen LogP contribution in [0.2, 0.25) is 0 Å². The van der Waals surface area contributed by atoms with Crippen LogP contribution in [0.3, 0.4) is 0 Å². The van der Waals surface area contributed by atoms with E-state index >= 15 is 0 Å². The molecule has 0 bridgehead atoms. The fourth-order valence-electron chi connectivity index (χ4n) is 0. The number of hydrogen-bond acceptors (Lipinski definition) is 0. The second-order valence-corrected chi connectivity index (χ2v) is 0. The number of rotatable bonds is 0. The van der Waals surface area contributed by atoms with Crippen LogP contribution in [0.1, 0.15) is 0 Å². The molecule has 0 nitrogen and oxygen atoms in total. The van der Waals surface area contributed by atoms with E-state index in [9.17, 15) is 0 Å². The topological polar surface area (TPSA) is 0 Å². The smallest absolute Gasteiger partial charge is 0 e. The summed E-state index contributed by atoms with van der Waals surface area (Å²) in [7, 11) is 0. The molecule has 0 aliphatic rings. The van der Waals surface area contributed by atoms with Gasteiger partial charge in [0.05, 0.1) is 0 Å². The molecule has 0 aromatic carbocycles. The van der Waals surface area contributed by atoms with Crippen LogP contribution in [0.25, 0.3) is 0 Å². The van der Waals surface area contributed by atoms with Gasteiger partial charge < -0.3 is 0 Å². The van der Waals surface area contributed by atoms with Gasteiger partial charge in [0.1, 0.15) is 0 Å². The Hall–Kier alpha value is 4.52. The molecule has 0 saturated heterocycles. The molecular formula is Al4Li4. The maximum absolute atomic E-state index is 0.